The molecule has 0 saturated heterocycles. The van der Waals surface area contributed by atoms with Gasteiger partial charge in [0.1, 0.15) is 5.58 Å². The molecule has 2 aromatic carbocycles. The molecular formula is C18H17NO5S. The molecule has 7 heteroatoms. The first-order valence-corrected chi connectivity index (χ1v) is 9.40. The van der Waals surface area contributed by atoms with Crippen molar-refractivity contribution in [3.63, 3.8) is 0 Å². The van der Waals surface area contributed by atoms with Crippen LogP contribution in [0.4, 0.5) is 5.69 Å². The molecule has 6 nitrogen and oxygen atoms in total. The van der Waals surface area contributed by atoms with Gasteiger partial charge in [-0.15, -0.1) is 0 Å². The van der Waals surface area contributed by atoms with E-state index >= 15 is 0 Å². The smallest absolute Gasteiger partial charge is 0.291 e. The fourth-order valence-corrected chi connectivity index (χ4v) is 3.23. The second kappa shape index (κ2) is 6.70. The van der Waals surface area contributed by atoms with E-state index in [1.807, 2.05) is 18.2 Å². The highest BCUT2D eigenvalue weighted by molar-refractivity contribution is 7.90. The van der Waals surface area contributed by atoms with Crippen LogP contribution in [-0.2, 0) is 21.2 Å². The first-order valence-electron chi connectivity index (χ1n) is 7.51. The van der Waals surface area contributed by atoms with E-state index in [1.165, 1.54) is 12.1 Å². The molecule has 0 saturated carbocycles. The highest BCUT2D eigenvalue weighted by atomic mass is 32.2. The van der Waals surface area contributed by atoms with Crippen molar-refractivity contribution in [1.29, 1.82) is 0 Å². The van der Waals surface area contributed by atoms with Crippen LogP contribution in [0.3, 0.4) is 0 Å². The third-order valence-corrected chi connectivity index (χ3v) is 4.82. The molecule has 1 N–H and O–H groups in total. The summed E-state index contributed by atoms with van der Waals surface area (Å²) in [6, 6.07) is 13.4. The van der Waals surface area contributed by atoms with Crippen molar-refractivity contribution >= 4 is 32.4 Å². The number of furan rings is 1. The van der Waals surface area contributed by atoms with E-state index in [0.717, 1.165) is 11.6 Å². The van der Waals surface area contributed by atoms with E-state index < -0.39 is 15.7 Å². The highest BCUT2D eigenvalue weighted by Crippen LogP contribution is 2.27. The van der Waals surface area contributed by atoms with Gasteiger partial charge in [-0.25, -0.2) is 8.42 Å². The summed E-state index contributed by atoms with van der Waals surface area (Å²) in [6.07, 6.45) is 1.11. The number of carbonyl (C=O) groups is 1. The van der Waals surface area contributed by atoms with Crippen LogP contribution >= 0.6 is 0 Å². The van der Waals surface area contributed by atoms with Gasteiger partial charge in [-0.1, -0.05) is 24.3 Å². The Hall–Kier alpha value is -2.64. The summed E-state index contributed by atoms with van der Waals surface area (Å²) in [5.41, 5.74) is 1.61. The largest absolute Gasteiger partial charge is 0.451 e. The van der Waals surface area contributed by atoms with Gasteiger partial charge in [0.25, 0.3) is 5.91 Å². The maximum Gasteiger partial charge on any atom is 0.291 e. The van der Waals surface area contributed by atoms with Gasteiger partial charge in [0.05, 0.1) is 11.5 Å². The molecule has 3 aromatic rings. The number of benzene rings is 2. The minimum Gasteiger partial charge on any atom is -0.451 e. The van der Waals surface area contributed by atoms with Crippen molar-refractivity contribution in [1.82, 2.24) is 0 Å². The summed E-state index contributed by atoms with van der Waals surface area (Å²) in [4.78, 5) is 12.8. The molecular weight excluding hydrogens is 342 g/mol. The molecule has 0 aliphatic rings. The monoisotopic (exact) mass is 359 g/mol. The average molecular weight is 359 g/mol. The number of para-hydroxylation sites is 1. The fraction of sp³-hybridized carbons (Fsp3) is 0.167. The molecule has 0 aliphatic heterocycles. The number of methoxy groups -OCH3 is 1. The number of sulfone groups is 1. The minimum absolute atomic E-state index is 0.132. The second-order valence-electron chi connectivity index (χ2n) is 5.59. The Morgan fingerprint density at radius 1 is 1.16 bits per heavy atom. The summed E-state index contributed by atoms with van der Waals surface area (Å²) >= 11 is 0. The first kappa shape index (κ1) is 17.2. The number of fused-ring (bicyclic) bond motifs is 1. The molecule has 0 spiro atoms. The number of hydrogen-bond acceptors (Lipinski definition) is 5. The summed E-state index contributed by atoms with van der Waals surface area (Å²) < 4.78 is 34.2. The lowest BCUT2D eigenvalue weighted by atomic mass is 10.1. The Bertz CT molecular complexity index is 1040. The van der Waals surface area contributed by atoms with Crippen LogP contribution < -0.4 is 5.32 Å². The van der Waals surface area contributed by atoms with Gasteiger partial charge >= 0.3 is 0 Å². The van der Waals surface area contributed by atoms with E-state index in [1.54, 1.807) is 25.3 Å². The van der Waals surface area contributed by atoms with Crippen LogP contribution in [0.2, 0.25) is 0 Å². The van der Waals surface area contributed by atoms with Crippen molar-refractivity contribution in [2.45, 2.75) is 11.5 Å². The lowest BCUT2D eigenvalue weighted by molar-refractivity contribution is 0.0992. The predicted octanol–water partition coefficient (Wildman–Crippen LogP) is 3.24. The van der Waals surface area contributed by atoms with Crippen molar-refractivity contribution in [3.8, 4) is 0 Å². The van der Waals surface area contributed by atoms with Crippen LogP contribution in [0.25, 0.3) is 11.0 Å². The summed E-state index contributed by atoms with van der Waals surface area (Å²) in [7, 11) is -1.82. The Labute approximate surface area is 145 Å². The topological polar surface area (TPSA) is 85.6 Å². The molecule has 0 radical (unpaired) electrons. The summed E-state index contributed by atoms with van der Waals surface area (Å²) in [6.45, 7) is 0.225. The Morgan fingerprint density at radius 3 is 2.64 bits per heavy atom. The van der Waals surface area contributed by atoms with Crippen LogP contribution in [0.5, 0.6) is 0 Å². The number of amides is 1. The number of hydrogen-bond donors (Lipinski definition) is 1. The molecule has 0 fully saturated rings. The Morgan fingerprint density at radius 2 is 1.92 bits per heavy atom. The molecule has 1 aromatic heterocycles. The van der Waals surface area contributed by atoms with E-state index in [9.17, 15) is 13.2 Å². The number of rotatable bonds is 5. The minimum atomic E-state index is -3.36. The summed E-state index contributed by atoms with van der Waals surface area (Å²) in [5, 5.41) is 3.48. The molecule has 0 bridgehead atoms. The van der Waals surface area contributed by atoms with Gasteiger partial charge in [0, 0.05) is 30.0 Å². The predicted molar refractivity (Wildman–Crippen MR) is 94.4 cm³/mol. The van der Waals surface area contributed by atoms with E-state index in [2.05, 4.69) is 5.32 Å². The number of nitrogens with one attached hydrogen (secondary N) is 1. The Kier molecular flexibility index (Phi) is 4.61. The third-order valence-electron chi connectivity index (χ3n) is 3.71. The van der Waals surface area contributed by atoms with Gasteiger partial charge < -0.3 is 14.5 Å². The van der Waals surface area contributed by atoms with Gasteiger partial charge in [0.2, 0.25) is 0 Å². The standard InChI is InChI=1S/C18H17NO5S/c1-23-11-15-14-8-3-4-9-16(14)24-17(15)18(20)19-12-6-5-7-13(10-12)25(2,21)22/h3-10H,11H2,1-2H3,(H,19,20). The van der Waals surface area contributed by atoms with Crippen molar-refractivity contribution < 1.29 is 22.4 Å². The zero-order valence-corrected chi connectivity index (χ0v) is 14.6. The number of anilines is 1. The Balaban J connectivity index is 1.97. The lowest BCUT2D eigenvalue weighted by Gasteiger charge is -2.06. The molecule has 130 valence electrons. The second-order valence-corrected chi connectivity index (χ2v) is 7.61. The number of carbonyl (C=O) groups excluding carboxylic acids is 1. The maximum absolute atomic E-state index is 12.6. The van der Waals surface area contributed by atoms with Gasteiger partial charge in [-0.05, 0) is 24.3 Å². The summed E-state index contributed by atoms with van der Waals surface area (Å²) in [5.74, 6) is -0.318. The van der Waals surface area contributed by atoms with Crippen LogP contribution in [0, 0.1) is 0 Å². The highest BCUT2D eigenvalue weighted by Gasteiger charge is 2.20. The maximum atomic E-state index is 12.6. The van der Waals surface area contributed by atoms with Crippen LogP contribution in [0.15, 0.2) is 57.8 Å². The molecule has 0 unspecified atom stereocenters. The van der Waals surface area contributed by atoms with Crippen molar-refractivity contribution in [2.24, 2.45) is 0 Å². The van der Waals surface area contributed by atoms with E-state index in [4.69, 9.17) is 9.15 Å². The quantitative estimate of drug-likeness (QED) is 0.756. The van der Waals surface area contributed by atoms with E-state index in [0.29, 0.717) is 16.8 Å². The van der Waals surface area contributed by atoms with E-state index in [-0.39, 0.29) is 17.3 Å². The van der Waals surface area contributed by atoms with Crippen LogP contribution in [0.1, 0.15) is 16.1 Å². The van der Waals surface area contributed by atoms with Gasteiger partial charge in [-0.3, -0.25) is 4.79 Å². The average Bonchev–Trinajstić information content (AvgIpc) is 2.94. The zero-order chi connectivity index (χ0) is 18.0. The van der Waals surface area contributed by atoms with Crippen molar-refractivity contribution in [3.05, 3.63) is 59.9 Å². The molecule has 1 amide bonds. The first-order chi connectivity index (χ1) is 11.9. The fourth-order valence-electron chi connectivity index (χ4n) is 2.56. The van der Waals surface area contributed by atoms with Crippen molar-refractivity contribution in [2.75, 3.05) is 18.7 Å². The number of ether oxygens (including phenoxy) is 1. The normalized spacial score (nSPS) is 11.6. The third kappa shape index (κ3) is 3.57. The molecule has 25 heavy (non-hydrogen) atoms. The van der Waals surface area contributed by atoms with Gasteiger partial charge in [0.15, 0.2) is 15.6 Å². The SMILES string of the molecule is COCc1c(C(=O)Nc2cccc(S(C)(=O)=O)c2)oc2ccccc12. The molecule has 3 rings (SSSR count). The molecule has 1 heterocycles. The van der Waals surface area contributed by atoms with Gasteiger partial charge in [-0.2, -0.15) is 0 Å². The zero-order valence-electron chi connectivity index (χ0n) is 13.8. The van der Waals surface area contributed by atoms with Crippen LogP contribution in [-0.4, -0.2) is 27.7 Å². The lowest BCUT2D eigenvalue weighted by Crippen LogP contribution is -2.13. The molecule has 0 atom stereocenters. The molecule has 0 aliphatic carbocycles.